The number of nitrogens with zero attached hydrogens (tertiary/aromatic N) is 1. The van der Waals surface area contributed by atoms with Crippen molar-refractivity contribution in [2.45, 2.75) is 32.2 Å². The summed E-state index contributed by atoms with van der Waals surface area (Å²) in [7, 11) is 0. The third kappa shape index (κ3) is 4.53. The molecule has 21 heavy (non-hydrogen) atoms. The maximum Gasteiger partial charge on any atom is 0.0594 e. The van der Waals surface area contributed by atoms with Crippen molar-refractivity contribution in [3.63, 3.8) is 0 Å². The van der Waals surface area contributed by atoms with E-state index in [0.29, 0.717) is 6.04 Å². The van der Waals surface area contributed by atoms with Crippen molar-refractivity contribution in [3.8, 4) is 0 Å². The SMILES string of the molecule is Cc1ccc(C(NCCCN2CCOCC2)C2CC2)cc1. The van der Waals surface area contributed by atoms with Gasteiger partial charge in [-0.2, -0.15) is 0 Å². The summed E-state index contributed by atoms with van der Waals surface area (Å²) in [5, 5.41) is 3.80. The van der Waals surface area contributed by atoms with Gasteiger partial charge in [0.25, 0.3) is 0 Å². The van der Waals surface area contributed by atoms with Crippen molar-refractivity contribution in [1.82, 2.24) is 10.2 Å². The van der Waals surface area contributed by atoms with Gasteiger partial charge >= 0.3 is 0 Å². The standard InChI is InChI=1S/C18H28N2O/c1-15-3-5-16(6-4-15)18(17-7-8-17)19-9-2-10-20-11-13-21-14-12-20/h3-6,17-19H,2,7-14H2,1H3. The maximum absolute atomic E-state index is 5.39. The lowest BCUT2D eigenvalue weighted by Crippen LogP contribution is -2.38. The average Bonchev–Trinajstić information content (AvgIpc) is 3.34. The second-order valence-corrected chi connectivity index (χ2v) is 6.49. The molecule has 1 saturated heterocycles. The van der Waals surface area contributed by atoms with Gasteiger partial charge in [0.1, 0.15) is 0 Å². The third-order valence-electron chi connectivity index (χ3n) is 4.65. The molecule has 1 heterocycles. The van der Waals surface area contributed by atoms with Gasteiger partial charge in [0.05, 0.1) is 13.2 Å². The first-order valence-electron chi connectivity index (χ1n) is 8.43. The molecule has 1 saturated carbocycles. The van der Waals surface area contributed by atoms with E-state index >= 15 is 0 Å². The molecule has 1 aliphatic heterocycles. The summed E-state index contributed by atoms with van der Waals surface area (Å²) in [6.45, 7) is 8.48. The molecule has 2 aliphatic rings. The molecule has 1 aromatic carbocycles. The fourth-order valence-electron chi connectivity index (χ4n) is 3.15. The Morgan fingerprint density at radius 3 is 2.57 bits per heavy atom. The second-order valence-electron chi connectivity index (χ2n) is 6.49. The van der Waals surface area contributed by atoms with Crippen LogP contribution in [0.25, 0.3) is 0 Å². The Hall–Kier alpha value is -0.900. The van der Waals surface area contributed by atoms with Gasteiger partial charge in [-0.1, -0.05) is 29.8 Å². The minimum absolute atomic E-state index is 0.565. The van der Waals surface area contributed by atoms with Crippen LogP contribution in [0.1, 0.15) is 36.4 Å². The molecule has 0 spiro atoms. The van der Waals surface area contributed by atoms with Crippen LogP contribution < -0.4 is 5.32 Å². The molecule has 3 nitrogen and oxygen atoms in total. The van der Waals surface area contributed by atoms with Crippen molar-refractivity contribution >= 4 is 0 Å². The van der Waals surface area contributed by atoms with E-state index in [1.165, 1.54) is 36.9 Å². The van der Waals surface area contributed by atoms with Crippen LogP contribution in [0, 0.1) is 12.8 Å². The predicted molar refractivity (Wildman–Crippen MR) is 86.5 cm³/mol. The highest BCUT2D eigenvalue weighted by atomic mass is 16.5. The maximum atomic E-state index is 5.39. The first-order valence-corrected chi connectivity index (χ1v) is 8.43. The van der Waals surface area contributed by atoms with E-state index in [0.717, 1.165) is 38.8 Å². The molecule has 1 N–H and O–H groups in total. The van der Waals surface area contributed by atoms with Crippen LogP contribution in [-0.4, -0.2) is 44.3 Å². The van der Waals surface area contributed by atoms with Gasteiger partial charge in [0, 0.05) is 19.1 Å². The summed E-state index contributed by atoms with van der Waals surface area (Å²) in [4.78, 5) is 2.52. The van der Waals surface area contributed by atoms with Crippen LogP contribution in [-0.2, 0) is 4.74 Å². The summed E-state index contributed by atoms with van der Waals surface area (Å²) in [6, 6.07) is 9.64. The highest BCUT2D eigenvalue weighted by Crippen LogP contribution is 2.40. The second kappa shape index (κ2) is 7.39. The Morgan fingerprint density at radius 2 is 1.90 bits per heavy atom. The van der Waals surface area contributed by atoms with Gasteiger partial charge in [-0.3, -0.25) is 4.90 Å². The molecule has 1 aromatic rings. The molecule has 1 aliphatic carbocycles. The zero-order valence-corrected chi connectivity index (χ0v) is 13.2. The van der Waals surface area contributed by atoms with Crippen LogP contribution in [0.15, 0.2) is 24.3 Å². The van der Waals surface area contributed by atoms with Crippen molar-refractivity contribution in [1.29, 1.82) is 0 Å². The Kier molecular flexibility index (Phi) is 5.28. The molecule has 1 atom stereocenters. The lowest BCUT2D eigenvalue weighted by Gasteiger charge is -2.27. The van der Waals surface area contributed by atoms with E-state index < -0.39 is 0 Å². The smallest absolute Gasteiger partial charge is 0.0594 e. The van der Waals surface area contributed by atoms with Gasteiger partial charge in [-0.25, -0.2) is 0 Å². The zero-order chi connectivity index (χ0) is 14.5. The lowest BCUT2D eigenvalue weighted by atomic mass is 10.0. The number of aryl methyl sites for hydroxylation is 1. The Labute approximate surface area is 128 Å². The van der Waals surface area contributed by atoms with Crippen molar-refractivity contribution in [2.75, 3.05) is 39.4 Å². The predicted octanol–water partition coefficient (Wildman–Crippen LogP) is 2.76. The summed E-state index contributed by atoms with van der Waals surface area (Å²) < 4.78 is 5.39. The Bertz CT molecular complexity index is 421. The molecule has 0 amide bonds. The number of benzene rings is 1. The molecule has 2 fully saturated rings. The van der Waals surface area contributed by atoms with E-state index in [1.807, 2.05) is 0 Å². The molecule has 0 radical (unpaired) electrons. The van der Waals surface area contributed by atoms with E-state index in [4.69, 9.17) is 4.74 Å². The summed E-state index contributed by atoms with van der Waals surface area (Å²) in [5.74, 6) is 0.857. The fraction of sp³-hybridized carbons (Fsp3) is 0.667. The Balaban J connectivity index is 1.44. The van der Waals surface area contributed by atoms with Crippen molar-refractivity contribution in [3.05, 3.63) is 35.4 Å². The van der Waals surface area contributed by atoms with E-state index in [1.54, 1.807) is 0 Å². The minimum atomic E-state index is 0.565. The quantitative estimate of drug-likeness (QED) is 0.781. The number of ether oxygens (including phenoxy) is 1. The monoisotopic (exact) mass is 288 g/mol. The molecule has 0 aromatic heterocycles. The number of nitrogens with one attached hydrogen (secondary N) is 1. The number of hydrogen-bond donors (Lipinski definition) is 1. The molecule has 3 rings (SSSR count). The van der Waals surface area contributed by atoms with Gasteiger partial charge in [-0.15, -0.1) is 0 Å². The molecule has 1 unspecified atom stereocenters. The van der Waals surface area contributed by atoms with Crippen LogP contribution in [0.3, 0.4) is 0 Å². The van der Waals surface area contributed by atoms with E-state index in [-0.39, 0.29) is 0 Å². The van der Waals surface area contributed by atoms with Gasteiger partial charge in [0.2, 0.25) is 0 Å². The van der Waals surface area contributed by atoms with Crippen LogP contribution in [0.5, 0.6) is 0 Å². The zero-order valence-electron chi connectivity index (χ0n) is 13.2. The minimum Gasteiger partial charge on any atom is -0.379 e. The largest absolute Gasteiger partial charge is 0.379 e. The molecular weight excluding hydrogens is 260 g/mol. The highest BCUT2D eigenvalue weighted by Gasteiger charge is 2.31. The first-order chi connectivity index (χ1) is 10.3. The summed E-state index contributed by atoms with van der Waals surface area (Å²) in [5.41, 5.74) is 2.81. The van der Waals surface area contributed by atoms with Crippen LogP contribution in [0.4, 0.5) is 0 Å². The van der Waals surface area contributed by atoms with E-state index in [2.05, 4.69) is 41.4 Å². The molecular formula is C18H28N2O. The summed E-state index contributed by atoms with van der Waals surface area (Å²) in [6.07, 6.45) is 4.00. The lowest BCUT2D eigenvalue weighted by molar-refractivity contribution is 0.0373. The topological polar surface area (TPSA) is 24.5 Å². The fourth-order valence-corrected chi connectivity index (χ4v) is 3.15. The number of morpholine rings is 1. The van der Waals surface area contributed by atoms with Crippen molar-refractivity contribution < 1.29 is 4.74 Å². The normalized spacial score (nSPS) is 21.4. The molecule has 3 heteroatoms. The summed E-state index contributed by atoms with van der Waals surface area (Å²) >= 11 is 0. The Morgan fingerprint density at radius 1 is 1.19 bits per heavy atom. The van der Waals surface area contributed by atoms with Crippen LogP contribution >= 0.6 is 0 Å². The van der Waals surface area contributed by atoms with Crippen molar-refractivity contribution in [2.24, 2.45) is 5.92 Å². The van der Waals surface area contributed by atoms with E-state index in [9.17, 15) is 0 Å². The molecule has 0 bridgehead atoms. The van der Waals surface area contributed by atoms with Gasteiger partial charge < -0.3 is 10.1 Å². The first kappa shape index (κ1) is 15.0. The molecule has 116 valence electrons. The van der Waals surface area contributed by atoms with Crippen LogP contribution in [0.2, 0.25) is 0 Å². The number of rotatable bonds is 7. The number of hydrogen-bond acceptors (Lipinski definition) is 3. The van der Waals surface area contributed by atoms with Gasteiger partial charge in [-0.05, 0) is 50.8 Å². The highest BCUT2D eigenvalue weighted by molar-refractivity contribution is 5.25. The van der Waals surface area contributed by atoms with Gasteiger partial charge in [0.15, 0.2) is 0 Å². The third-order valence-corrected chi connectivity index (χ3v) is 4.65. The average molecular weight is 288 g/mol.